The molecule has 1 aromatic rings. The van der Waals surface area contributed by atoms with Gasteiger partial charge in [-0.05, 0) is 69.9 Å². The second-order valence-corrected chi connectivity index (χ2v) is 19.2. The summed E-state index contributed by atoms with van der Waals surface area (Å²) in [7, 11) is 1.32. The van der Waals surface area contributed by atoms with Crippen LogP contribution in [0, 0.1) is 13.8 Å². The first-order valence-corrected chi connectivity index (χ1v) is 25.4. The van der Waals surface area contributed by atoms with Crippen molar-refractivity contribution in [1.29, 1.82) is 0 Å². The number of quaternary nitrogens is 1. The highest BCUT2D eigenvalue weighted by molar-refractivity contribution is 7.47. The zero-order valence-electron chi connectivity index (χ0n) is 40.2. The fourth-order valence-electron chi connectivity index (χ4n) is 6.64. The van der Waals surface area contributed by atoms with Crippen LogP contribution < -0.4 is 0 Å². The summed E-state index contributed by atoms with van der Waals surface area (Å²) in [5, 5.41) is 20.2. The number of carbonyl (C=O) groups is 2. The number of allylic oxidation sites excluding steroid dienone is 6. The van der Waals surface area contributed by atoms with E-state index in [1.807, 2.05) is 51.5 Å². The smallest absolute Gasteiger partial charge is 0.466 e. The Morgan fingerprint density at radius 1 is 0.667 bits per heavy atom. The number of nitrogens with zero attached hydrogens (tertiary/aromatic N) is 1. The van der Waals surface area contributed by atoms with Crippen LogP contribution in [0.15, 0.2) is 53.0 Å². The maximum Gasteiger partial charge on any atom is 0.472 e. The number of phosphoric acid groups is 1. The Labute approximate surface area is 381 Å². The predicted molar refractivity (Wildman–Crippen MR) is 253 cm³/mol. The van der Waals surface area contributed by atoms with Gasteiger partial charge in [-0.1, -0.05) is 133 Å². The summed E-state index contributed by atoms with van der Waals surface area (Å²) in [6.45, 7) is 8.34. The van der Waals surface area contributed by atoms with Crippen molar-refractivity contribution in [3.05, 3.63) is 71.3 Å². The summed E-state index contributed by atoms with van der Waals surface area (Å²) in [6.07, 6.45) is 32.0. The van der Waals surface area contributed by atoms with Crippen LogP contribution in [-0.2, 0) is 45.5 Å². The van der Waals surface area contributed by atoms with Crippen LogP contribution in [0.25, 0.3) is 0 Å². The SMILES string of the molecule is CCCCCc1oc(CCCCCCCCCCC(=O)O[C@H](COC(=O)CCC[C@@H](O)/C=C/C=C\C/C=C\C=C\[C@@H](O)CCCCC)COP(=O)(O)OCC[N+](C)(C)C)c(C)c1C. The van der Waals surface area contributed by atoms with Crippen molar-refractivity contribution in [3.63, 3.8) is 0 Å². The fraction of sp³-hybridized carbons (Fsp3) is 0.720. The van der Waals surface area contributed by atoms with Crippen molar-refractivity contribution in [3.8, 4) is 0 Å². The van der Waals surface area contributed by atoms with Gasteiger partial charge in [0.05, 0.1) is 40.0 Å². The molecule has 1 heterocycles. The molecule has 1 aromatic heterocycles. The molecule has 0 radical (unpaired) electrons. The maximum absolute atomic E-state index is 12.8. The number of phosphoric ester groups is 1. The number of hydrogen-bond donors (Lipinski definition) is 3. The molecule has 13 heteroatoms. The van der Waals surface area contributed by atoms with E-state index < -0.39 is 44.7 Å². The number of aliphatic hydroxyl groups excluding tert-OH is 2. The van der Waals surface area contributed by atoms with Crippen molar-refractivity contribution < 1.29 is 56.7 Å². The van der Waals surface area contributed by atoms with E-state index in [-0.39, 0.29) is 26.1 Å². The molecule has 4 atom stereocenters. The molecule has 0 saturated carbocycles. The van der Waals surface area contributed by atoms with E-state index >= 15 is 0 Å². The Morgan fingerprint density at radius 3 is 1.75 bits per heavy atom. The first-order valence-electron chi connectivity index (χ1n) is 23.9. The van der Waals surface area contributed by atoms with E-state index in [4.69, 9.17) is 22.9 Å². The minimum atomic E-state index is -4.45. The molecule has 362 valence electrons. The van der Waals surface area contributed by atoms with Crippen molar-refractivity contribution in [2.24, 2.45) is 0 Å². The lowest BCUT2D eigenvalue weighted by Gasteiger charge is -2.24. The molecule has 0 amide bonds. The van der Waals surface area contributed by atoms with Gasteiger partial charge in [-0.2, -0.15) is 0 Å². The molecular formula is C50H87NO11P+. The van der Waals surface area contributed by atoms with Gasteiger partial charge in [0.15, 0.2) is 6.10 Å². The molecule has 12 nitrogen and oxygen atoms in total. The number of furan rings is 1. The van der Waals surface area contributed by atoms with Gasteiger partial charge < -0.3 is 33.5 Å². The summed E-state index contributed by atoms with van der Waals surface area (Å²) < 4.78 is 40.5. The van der Waals surface area contributed by atoms with Crippen molar-refractivity contribution in [1.82, 2.24) is 0 Å². The van der Waals surface area contributed by atoms with Gasteiger partial charge in [0.1, 0.15) is 31.3 Å². The summed E-state index contributed by atoms with van der Waals surface area (Å²) in [5.74, 6) is 1.26. The van der Waals surface area contributed by atoms with E-state index in [0.29, 0.717) is 36.7 Å². The summed E-state index contributed by atoms with van der Waals surface area (Å²) in [5.41, 5.74) is 2.63. The highest BCUT2D eigenvalue weighted by atomic mass is 31.2. The number of aliphatic hydroxyl groups is 2. The highest BCUT2D eigenvalue weighted by Gasteiger charge is 2.27. The Bertz CT molecular complexity index is 1530. The number of unbranched alkanes of at least 4 members (excludes halogenated alkanes) is 11. The maximum atomic E-state index is 12.8. The number of carbonyl (C=O) groups excluding carboxylic acids is 2. The molecule has 0 bridgehead atoms. The molecule has 0 saturated heterocycles. The zero-order chi connectivity index (χ0) is 46.8. The molecule has 0 aromatic carbocycles. The predicted octanol–water partition coefficient (Wildman–Crippen LogP) is 11.1. The third-order valence-corrected chi connectivity index (χ3v) is 11.8. The molecule has 63 heavy (non-hydrogen) atoms. The normalized spacial score (nSPS) is 14.9. The van der Waals surface area contributed by atoms with Crippen molar-refractivity contribution in [2.45, 2.75) is 187 Å². The minimum absolute atomic E-state index is 0.0145. The molecule has 0 aliphatic rings. The molecule has 0 aliphatic heterocycles. The topological polar surface area (TPSA) is 162 Å². The number of esters is 2. The highest BCUT2D eigenvalue weighted by Crippen LogP contribution is 2.43. The van der Waals surface area contributed by atoms with Gasteiger partial charge in [-0.3, -0.25) is 18.6 Å². The van der Waals surface area contributed by atoms with Crippen LogP contribution in [0.1, 0.15) is 165 Å². The molecule has 1 unspecified atom stereocenters. The lowest BCUT2D eigenvalue weighted by Crippen LogP contribution is -2.37. The Hall–Kier alpha value is -2.83. The number of likely N-dealkylation sites (N-methyl/N-ethyl adjacent to an activating group) is 1. The van der Waals surface area contributed by atoms with Crippen LogP contribution >= 0.6 is 7.82 Å². The third-order valence-electron chi connectivity index (χ3n) is 10.8. The zero-order valence-corrected chi connectivity index (χ0v) is 41.1. The lowest BCUT2D eigenvalue weighted by molar-refractivity contribution is -0.870. The average molecular weight is 909 g/mol. The Balaban J connectivity index is 2.44. The average Bonchev–Trinajstić information content (AvgIpc) is 3.49. The summed E-state index contributed by atoms with van der Waals surface area (Å²) in [4.78, 5) is 35.6. The first kappa shape index (κ1) is 58.2. The van der Waals surface area contributed by atoms with Crippen molar-refractivity contribution >= 4 is 19.8 Å². The van der Waals surface area contributed by atoms with Gasteiger partial charge in [0, 0.05) is 25.7 Å². The van der Waals surface area contributed by atoms with Crippen molar-refractivity contribution in [2.75, 3.05) is 47.5 Å². The van der Waals surface area contributed by atoms with Gasteiger partial charge in [-0.15, -0.1) is 0 Å². The van der Waals surface area contributed by atoms with Gasteiger partial charge in [0.25, 0.3) is 0 Å². The molecule has 0 fully saturated rings. The number of aryl methyl sites for hydroxylation is 2. The second-order valence-electron chi connectivity index (χ2n) is 17.8. The van der Waals surface area contributed by atoms with Gasteiger partial charge >= 0.3 is 19.8 Å². The van der Waals surface area contributed by atoms with E-state index in [9.17, 15) is 29.3 Å². The first-order chi connectivity index (χ1) is 30.1. The van der Waals surface area contributed by atoms with E-state index in [2.05, 4.69) is 27.7 Å². The third kappa shape index (κ3) is 32.5. The Kier molecular flexibility index (Phi) is 32.7. The van der Waals surface area contributed by atoms with Gasteiger partial charge in [0.2, 0.25) is 0 Å². The minimum Gasteiger partial charge on any atom is -0.466 e. The summed E-state index contributed by atoms with van der Waals surface area (Å²) in [6, 6.07) is 0. The van der Waals surface area contributed by atoms with Gasteiger partial charge in [-0.25, -0.2) is 4.57 Å². The second kappa shape index (κ2) is 35.4. The van der Waals surface area contributed by atoms with Crippen LogP contribution in [0.3, 0.4) is 0 Å². The number of rotatable bonds is 39. The number of ether oxygens (including phenoxy) is 2. The standard InChI is InChI=1S/C50H86NO11P/c1-8-10-23-30-44(52)31-25-19-15-14-16-20-26-32-45(53)33-29-37-49(54)58-40-46(41-60-63(56,57)59-39-38-51(5,6)7)61-50(55)36-28-22-18-13-12-17-21-27-35-48-43(4)42(3)47(62-48)34-24-11-9-2/h15-16,19-20,25-26,31-32,44-46,52-53H,8-14,17-18,21-24,27-30,33-41H2,1-7H3/p+1/b19-15-,20-16-,31-25+,32-26+/t44-,45-,46+/m0/s1. The Morgan fingerprint density at radius 2 is 1.17 bits per heavy atom. The number of hydrogen-bond acceptors (Lipinski definition) is 10. The molecule has 3 N–H and O–H groups in total. The molecular weight excluding hydrogens is 822 g/mol. The quantitative estimate of drug-likeness (QED) is 0.0189. The van der Waals surface area contributed by atoms with E-state index in [0.717, 1.165) is 95.0 Å². The largest absolute Gasteiger partial charge is 0.472 e. The lowest BCUT2D eigenvalue weighted by atomic mass is 10.0. The monoisotopic (exact) mass is 909 g/mol. The van der Waals surface area contributed by atoms with Crippen LogP contribution in [-0.4, -0.2) is 97.3 Å². The van der Waals surface area contributed by atoms with E-state index in [1.54, 1.807) is 18.2 Å². The fourth-order valence-corrected chi connectivity index (χ4v) is 7.38. The van der Waals surface area contributed by atoms with E-state index in [1.165, 1.54) is 30.4 Å². The molecule has 0 spiro atoms. The molecule has 0 aliphatic carbocycles. The van der Waals surface area contributed by atoms with Crippen LogP contribution in [0.2, 0.25) is 0 Å². The summed E-state index contributed by atoms with van der Waals surface area (Å²) >= 11 is 0. The molecule has 1 rings (SSSR count). The van der Waals surface area contributed by atoms with Crippen LogP contribution in [0.5, 0.6) is 0 Å². The van der Waals surface area contributed by atoms with Crippen LogP contribution in [0.4, 0.5) is 0 Å².